The molecule has 2 rings (SSSR count). The van der Waals surface area contributed by atoms with Crippen molar-refractivity contribution in [2.45, 2.75) is 50.4 Å². The van der Waals surface area contributed by atoms with Gasteiger partial charge in [-0.2, -0.15) is 13.2 Å². The molecule has 2 nitrogen and oxygen atoms in total. The van der Waals surface area contributed by atoms with Crippen molar-refractivity contribution in [2.24, 2.45) is 5.92 Å². The zero-order valence-corrected chi connectivity index (χ0v) is 10.6. The molecule has 1 aliphatic heterocycles. The Kier molecular flexibility index (Phi) is 4.66. The minimum atomic E-state index is -4.18. The summed E-state index contributed by atoms with van der Waals surface area (Å²) in [6, 6.07) is 0.114. The van der Waals surface area contributed by atoms with Crippen LogP contribution in [-0.2, 0) is 0 Å². The van der Waals surface area contributed by atoms with Crippen LogP contribution in [0.5, 0.6) is 0 Å². The van der Waals surface area contributed by atoms with Gasteiger partial charge in [0.2, 0.25) is 0 Å². The summed E-state index contributed by atoms with van der Waals surface area (Å²) >= 11 is 0. The van der Waals surface area contributed by atoms with E-state index in [0.717, 1.165) is 12.8 Å². The Hall–Kier alpha value is -0.430. The van der Waals surface area contributed by atoms with Crippen molar-refractivity contribution < 1.29 is 22.0 Å². The first-order valence-electron chi connectivity index (χ1n) is 6.66. The van der Waals surface area contributed by atoms with E-state index in [9.17, 15) is 22.0 Å². The van der Waals surface area contributed by atoms with Gasteiger partial charge in [-0.1, -0.05) is 0 Å². The maximum Gasteiger partial charge on any atom is 0.389 e. The second-order valence-electron chi connectivity index (χ2n) is 5.60. The molecule has 0 amide bonds. The van der Waals surface area contributed by atoms with Crippen molar-refractivity contribution in [1.82, 2.24) is 10.2 Å². The quantitative estimate of drug-likeness (QED) is 0.782. The predicted octanol–water partition coefficient (Wildman–Crippen LogP) is 2.65. The van der Waals surface area contributed by atoms with E-state index in [1.54, 1.807) is 0 Å². The Bertz CT molecular complexity index is 290. The lowest BCUT2D eigenvalue weighted by atomic mass is 9.91. The fourth-order valence-electron chi connectivity index (χ4n) is 2.86. The number of rotatable bonds is 5. The molecule has 1 aliphatic carbocycles. The first-order valence-corrected chi connectivity index (χ1v) is 6.66. The van der Waals surface area contributed by atoms with Crippen LogP contribution in [0.25, 0.3) is 0 Å². The number of nitrogens with one attached hydrogen (secondary N) is 1. The van der Waals surface area contributed by atoms with Crippen LogP contribution in [0, 0.1) is 5.92 Å². The molecule has 7 heteroatoms. The highest BCUT2D eigenvalue weighted by atomic mass is 19.4. The first kappa shape index (κ1) is 15.0. The summed E-state index contributed by atoms with van der Waals surface area (Å²) in [7, 11) is 0. The third-order valence-corrected chi connectivity index (χ3v) is 3.71. The fourth-order valence-corrected chi connectivity index (χ4v) is 2.86. The van der Waals surface area contributed by atoms with Gasteiger partial charge in [0.25, 0.3) is 6.43 Å². The molecule has 19 heavy (non-hydrogen) atoms. The lowest BCUT2D eigenvalue weighted by Crippen LogP contribution is -2.51. The second-order valence-corrected chi connectivity index (χ2v) is 5.60. The highest BCUT2D eigenvalue weighted by molar-refractivity contribution is 4.92. The van der Waals surface area contributed by atoms with Crippen LogP contribution in [0.15, 0.2) is 0 Å². The van der Waals surface area contributed by atoms with Crippen molar-refractivity contribution in [3.8, 4) is 0 Å². The molecule has 0 spiro atoms. The Labute approximate surface area is 109 Å². The third-order valence-electron chi connectivity index (χ3n) is 3.71. The molecule has 2 unspecified atom stereocenters. The van der Waals surface area contributed by atoms with Gasteiger partial charge in [0.1, 0.15) is 0 Å². The molecule has 112 valence electrons. The number of piperidine rings is 1. The Morgan fingerprint density at radius 1 is 1.16 bits per heavy atom. The summed E-state index contributed by atoms with van der Waals surface area (Å²) in [6.07, 6.45) is -5.10. The average molecular weight is 286 g/mol. The van der Waals surface area contributed by atoms with Crippen LogP contribution in [-0.4, -0.2) is 49.2 Å². The van der Waals surface area contributed by atoms with Gasteiger partial charge in [-0.05, 0) is 25.2 Å². The van der Waals surface area contributed by atoms with Gasteiger partial charge in [0.05, 0.1) is 6.54 Å². The van der Waals surface area contributed by atoms with Gasteiger partial charge >= 0.3 is 6.18 Å². The topological polar surface area (TPSA) is 15.3 Å². The van der Waals surface area contributed by atoms with Crippen molar-refractivity contribution >= 4 is 0 Å². The van der Waals surface area contributed by atoms with E-state index in [0.29, 0.717) is 25.6 Å². The Morgan fingerprint density at radius 3 is 2.37 bits per heavy atom. The number of halogens is 5. The van der Waals surface area contributed by atoms with Gasteiger partial charge in [0, 0.05) is 31.6 Å². The van der Waals surface area contributed by atoms with E-state index >= 15 is 0 Å². The second kappa shape index (κ2) is 5.91. The number of alkyl halides is 5. The molecular weight excluding hydrogens is 267 g/mol. The normalized spacial score (nSPS) is 30.0. The summed E-state index contributed by atoms with van der Waals surface area (Å²) in [5, 5.41) is 2.69. The zero-order valence-electron chi connectivity index (χ0n) is 10.6. The highest BCUT2D eigenvalue weighted by Crippen LogP contribution is 2.35. The van der Waals surface area contributed by atoms with Gasteiger partial charge in [-0.3, -0.25) is 4.90 Å². The van der Waals surface area contributed by atoms with Crippen LogP contribution in [0.4, 0.5) is 22.0 Å². The molecule has 0 radical (unpaired) electrons. The third kappa shape index (κ3) is 5.22. The summed E-state index contributed by atoms with van der Waals surface area (Å²) in [4.78, 5) is 2.03. The number of hydrogen-bond acceptors (Lipinski definition) is 2. The number of nitrogens with zero attached hydrogens (tertiary/aromatic N) is 1. The minimum Gasteiger partial charge on any atom is -0.307 e. The van der Waals surface area contributed by atoms with Crippen molar-refractivity contribution in [3.63, 3.8) is 0 Å². The maximum absolute atomic E-state index is 12.5. The van der Waals surface area contributed by atoms with Crippen LogP contribution in [0.3, 0.4) is 0 Å². The number of hydrogen-bond donors (Lipinski definition) is 1. The van der Waals surface area contributed by atoms with Gasteiger partial charge in [-0.25, -0.2) is 8.78 Å². The predicted molar refractivity (Wildman–Crippen MR) is 61.2 cm³/mol. The Balaban J connectivity index is 1.88. The fraction of sp³-hybridized carbons (Fsp3) is 1.00. The molecule has 1 saturated heterocycles. The van der Waals surface area contributed by atoms with Crippen LogP contribution in [0.1, 0.15) is 25.7 Å². The molecule has 0 bridgehead atoms. The van der Waals surface area contributed by atoms with E-state index in [1.165, 1.54) is 0 Å². The molecule has 1 heterocycles. The summed E-state index contributed by atoms with van der Waals surface area (Å²) in [5.74, 6) is -0.482. The maximum atomic E-state index is 12.5. The molecule has 2 aliphatic rings. The Morgan fingerprint density at radius 2 is 1.84 bits per heavy atom. The molecule has 0 aromatic rings. The summed E-state index contributed by atoms with van der Waals surface area (Å²) in [6.45, 7) is 0.588. The monoisotopic (exact) mass is 286 g/mol. The molecule has 2 atom stereocenters. The van der Waals surface area contributed by atoms with Crippen LogP contribution < -0.4 is 5.32 Å². The molecule has 0 aromatic heterocycles. The smallest absolute Gasteiger partial charge is 0.307 e. The van der Waals surface area contributed by atoms with Crippen molar-refractivity contribution in [2.75, 3.05) is 19.6 Å². The SMILES string of the molecule is FC(F)CNC1CC(CC(F)(F)F)CN(C2CC2)C1. The zero-order chi connectivity index (χ0) is 14.0. The van der Waals surface area contributed by atoms with Crippen molar-refractivity contribution in [1.29, 1.82) is 0 Å². The van der Waals surface area contributed by atoms with Crippen LogP contribution >= 0.6 is 0 Å². The van der Waals surface area contributed by atoms with E-state index in [2.05, 4.69) is 5.32 Å². The molecule has 1 N–H and O–H groups in total. The summed E-state index contributed by atoms with van der Waals surface area (Å²) in [5.41, 5.74) is 0. The van der Waals surface area contributed by atoms with Crippen LogP contribution in [0.2, 0.25) is 0 Å². The molecular formula is C12H19F5N2. The molecule has 2 fully saturated rings. The van der Waals surface area contributed by atoms with Gasteiger partial charge < -0.3 is 5.32 Å². The largest absolute Gasteiger partial charge is 0.389 e. The molecule has 1 saturated carbocycles. The van der Waals surface area contributed by atoms with Gasteiger partial charge in [0.15, 0.2) is 0 Å². The van der Waals surface area contributed by atoms with E-state index < -0.39 is 31.5 Å². The summed E-state index contributed by atoms with van der Waals surface area (Å²) < 4.78 is 61.7. The average Bonchev–Trinajstić information content (AvgIpc) is 3.07. The number of likely N-dealkylation sites (tertiary alicyclic amines) is 1. The van der Waals surface area contributed by atoms with Crippen molar-refractivity contribution in [3.05, 3.63) is 0 Å². The minimum absolute atomic E-state index is 0.254. The van der Waals surface area contributed by atoms with E-state index in [-0.39, 0.29) is 6.04 Å². The van der Waals surface area contributed by atoms with E-state index in [4.69, 9.17) is 0 Å². The highest BCUT2D eigenvalue weighted by Gasteiger charge is 2.40. The van der Waals surface area contributed by atoms with E-state index in [1.807, 2.05) is 4.90 Å². The lowest BCUT2D eigenvalue weighted by molar-refractivity contribution is -0.149. The standard InChI is InChI=1S/C12H19F5N2/c13-11(14)5-18-9-3-8(4-12(15,16)17)6-19(7-9)10-1-2-10/h8-11,18H,1-7H2. The van der Waals surface area contributed by atoms with Gasteiger partial charge in [-0.15, -0.1) is 0 Å². The first-order chi connectivity index (χ1) is 8.83. The lowest BCUT2D eigenvalue weighted by Gasteiger charge is -2.38. The molecule has 0 aromatic carbocycles.